The van der Waals surface area contributed by atoms with Crippen molar-refractivity contribution in [1.82, 2.24) is 19.7 Å². The van der Waals surface area contributed by atoms with Crippen molar-refractivity contribution in [2.24, 2.45) is 0 Å². The van der Waals surface area contributed by atoms with Gasteiger partial charge < -0.3 is 28.8 Å². The summed E-state index contributed by atoms with van der Waals surface area (Å²) >= 11 is 17.2. The number of benzene rings is 4. The number of carbonyl (C=O) groups is 4. The van der Waals surface area contributed by atoms with Crippen LogP contribution in [0.4, 0.5) is 42.8 Å². The number of aryl methyl sites for hydroxylation is 2. The first kappa shape index (κ1) is 58.1. The molecule has 0 aliphatic carbocycles. The predicted octanol–water partition coefficient (Wildman–Crippen LogP) is 9.67. The minimum absolute atomic E-state index is 0.0493. The van der Waals surface area contributed by atoms with Crippen LogP contribution in [0.25, 0.3) is 0 Å². The summed E-state index contributed by atoms with van der Waals surface area (Å²) in [6, 6.07) is 12.1. The van der Waals surface area contributed by atoms with Crippen LogP contribution in [0.5, 0.6) is 23.3 Å². The van der Waals surface area contributed by atoms with Gasteiger partial charge in [-0.15, -0.1) is 0 Å². The number of hydrogen-bond donors (Lipinski definition) is 3. The van der Waals surface area contributed by atoms with E-state index < -0.39 is 92.4 Å². The number of alkyl halides is 6. The van der Waals surface area contributed by atoms with E-state index >= 15 is 0 Å². The molecule has 0 atom stereocenters. The molecule has 20 nitrogen and oxygen atoms in total. The van der Waals surface area contributed by atoms with Crippen LogP contribution in [0.3, 0.4) is 0 Å². The lowest BCUT2D eigenvalue weighted by Gasteiger charge is -2.13. The molecular formula is C41H35Cl3F6N6O14S. The number of anilines is 1. The summed E-state index contributed by atoms with van der Waals surface area (Å²) in [7, 11) is -1.81. The molecule has 1 aromatic heterocycles. The molecule has 0 unspecified atom stereocenters. The highest BCUT2D eigenvalue weighted by Gasteiger charge is 2.32. The third kappa shape index (κ3) is 17.9. The normalized spacial score (nSPS) is 11.1. The fraction of sp³-hybridized carbons (Fsp3) is 0.244. The molecule has 4 aromatic carbocycles. The second-order valence-corrected chi connectivity index (χ2v) is 16.2. The molecule has 0 saturated heterocycles. The summed E-state index contributed by atoms with van der Waals surface area (Å²) in [5, 5.41) is 22.0. The Morgan fingerprint density at radius 1 is 0.845 bits per heavy atom. The molecule has 71 heavy (non-hydrogen) atoms. The molecule has 0 aliphatic heterocycles. The van der Waals surface area contributed by atoms with Crippen LogP contribution < -0.4 is 24.2 Å². The number of ether oxygens (including phenoxy) is 5. The number of aromatic carboxylic acids is 1. The van der Waals surface area contributed by atoms with Gasteiger partial charge in [-0.25, -0.2) is 32.3 Å². The molecule has 30 heteroatoms. The average Bonchev–Trinajstić information content (AvgIpc) is 3.28. The van der Waals surface area contributed by atoms with Crippen molar-refractivity contribution in [2.75, 3.05) is 32.8 Å². The van der Waals surface area contributed by atoms with Gasteiger partial charge in [0.15, 0.2) is 12.4 Å². The van der Waals surface area contributed by atoms with E-state index in [2.05, 4.69) is 25.0 Å². The smallest absolute Gasteiger partial charge is 0.416 e. The molecule has 3 N–H and O–H groups in total. The third-order valence-corrected chi connectivity index (χ3v) is 10.6. The first-order valence-corrected chi connectivity index (χ1v) is 21.9. The number of carboxylic acid groups (broad SMARTS) is 1. The number of amides is 2. The number of nitro groups is 1. The lowest BCUT2D eigenvalue weighted by Crippen LogP contribution is -2.35. The zero-order chi connectivity index (χ0) is 53.4. The summed E-state index contributed by atoms with van der Waals surface area (Å²) in [6.07, 6.45) is -10.8. The second-order valence-electron chi connectivity index (χ2n) is 13.3. The van der Waals surface area contributed by atoms with E-state index in [1.807, 2.05) is 0 Å². The van der Waals surface area contributed by atoms with Crippen LogP contribution in [-0.2, 0) is 36.9 Å². The Labute approximate surface area is 412 Å². The molecule has 0 bridgehead atoms. The minimum Gasteiger partial charge on any atom is -0.494 e. The molecule has 0 spiro atoms. The number of sulfonamides is 1. The van der Waals surface area contributed by atoms with Gasteiger partial charge in [-0.2, -0.15) is 41.3 Å². The van der Waals surface area contributed by atoms with Crippen molar-refractivity contribution in [2.45, 2.75) is 43.9 Å². The summed E-state index contributed by atoms with van der Waals surface area (Å²) in [6.45, 7) is 2.33. The van der Waals surface area contributed by atoms with Crippen LogP contribution in [0.1, 0.15) is 51.0 Å². The standard InChI is InChI=1S/C18H13ClF3NO7.C15H16F3N5O4S.C8H6Cl2O3/c1-2-28-16(24)9-29-17(25)12-8-11(4-5-14(12)23(26)27)30-15-6-3-10(7-13(15)19)18(20,21)22;1-9-19-12(22-14(20-9)27-2)21-13(24)23-28(25,26)11-6-4-3-5-10(11)7-8-15(16,17)18;1-13-7-5(10)3-2-4(9)6(7)8(11)12/h3-8H,2,9H2,1H3;3-6H,7-8H2,1-2H3,(H2,19,20,21,22,23,24);2-3H,1H3,(H,11,12). The van der Waals surface area contributed by atoms with Gasteiger partial charge in [0.25, 0.3) is 15.7 Å². The number of esters is 2. The molecule has 5 aromatic rings. The maximum Gasteiger partial charge on any atom is 0.416 e. The number of hydrogen-bond acceptors (Lipinski definition) is 16. The Morgan fingerprint density at radius 3 is 2.07 bits per heavy atom. The van der Waals surface area contributed by atoms with Gasteiger partial charge in [-0.05, 0) is 68.3 Å². The van der Waals surface area contributed by atoms with Crippen molar-refractivity contribution < 1.29 is 87.7 Å². The number of urea groups is 1. The van der Waals surface area contributed by atoms with Crippen molar-refractivity contribution in [1.29, 1.82) is 0 Å². The second kappa shape index (κ2) is 25.6. The first-order valence-electron chi connectivity index (χ1n) is 19.3. The molecule has 382 valence electrons. The van der Waals surface area contributed by atoms with E-state index in [4.69, 9.17) is 58.9 Å². The largest absolute Gasteiger partial charge is 0.494 e. The number of carboxylic acids is 1. The summed E-state index contributed by atoms with van der Waals surface area (Å²) in [5.74, 6) is -3.48. The van der Waals surface area contributed by atoms with E-state index in [0.717, 1.165) is 36.4 Å². The molecule has 0 fully saturated rings. The summed E-state index contributed by atoms with van der Waals surface area (Å²) in [5.41, 5.74) is -2.35. The fourth-order valence-corrected chi connectivity index (χ4v) is 7.14. The maximum absolute atomic E-state index is 12.7. The van der Waals surface area contributed by atoms with E-state index in [1.165, 1.54) is 58.4 Å². The highest BCUT2D eigenvalue weighted by atomic mass is 35.5. The summed E-state index contributed by atoms with van der Waals surface area (Å²) in [4.78, 5) is 67.4. The maximum atomic E-state index is 12.7. The molecule has 5 rings (SSSR count). The number of nitro benzene ring substituents is 1. The minimum atomic E-state index is -4.61. The number of carbonyl (C=O) groups excluding carboxylic acids is 3. The van der Waals surface area contributed by atoms with Gasteiger partial charge in [-0.1, -0.05) is 53.0 Å². The number of rotatable bonds is 15. The number of methoxy groups -OCH3 is 2. The fourth-order valence-electron chi connectivity index (χ4n) is 5.28. The van der Waals surface area contributed by atoms with Crippen LogP contribution in [0.2, 0.25) is 15.1 Å². The lowest BCUT2D eigenvalue weighted by molar-refractivity contribution is -0.385. The number of nitrogens with zero attached hydrogens (tertiary/aromatic N) is 4. The molecule has 0 saturated carbocycles. The lowest BCUT2D eigenvalue weighted by atomic mass is 10.1. The van der Waals surface area contributed by atoms with Gasteiger partial charge in [0.1, 0.15) is 28.5 Å². The molecule has 2 amide bonds. The third-order valence-electron chi connectivity index (χ3n) is 8.28. The topological polar surface area (TPSA) is 275 Å². The van der Waals surface area contributed by atoms with Gasteiger partial charge in [0.2, 0.25) is 5.95 Å². The SMILES string of the molecule is CCOC(=O)COC(=O)c1cc(Oc2ccc(C(F)(F)F)cc2Cl)ccc1[N+](=O)[O-].COc1c(Cl)ccc(Cl)c1C(=O)O.COc1nc(C)nc(NC(=O)NS(=O)(=O)c2ccccc2CCC(F)(F)F)n1. The number of aromatic nitrogens is 3. The monoisotopic (exact) mass is 1090 g/mol. The summed E-state index contributed by atoms with van der Waals surface area (Å²) < 4.78 is 126. The van der Waals surface area contributed by atoms with Gasteiger partial charge in [-0.3, -0.25) is 15.4 Å². The highest BCUT2D eigenvalue weighted by Crippen LogP contribution is 2.38. The highest BCUT2D eigenvalue weighted by molar-refractivity contribution is 7.90. The Hall–Kier alpha value is -7.23. The molecular weight excluding hydrogens is 1050 g/mol. The van der Waals surface area contributed by atoms with Crippen molar-refractivity contribution >= 4 is 80.4 Å². The van der Waals surface area contributed by atoms with Crippen molar-refractivity contribution in [3.8, 4) is 23.3 Å². The Balaban J connectivity index is 0.000000302. The zero-order valence-corrected chi connectivity index (χ0v) is 39.7. The van der Waals surface area contributed by atoms with Crippen molar-refractivity contribution in [3.63, 3.8) is 0 Å². The Bertz CT molecular complexity index is 2880. The Morgan fingerprint density at radius 2 is 1.51 bits per heavy atom. The van der Waals surface area contributed by atoms with Gasteiger partial charge in [0.05, 0.1) is 51.3 Å². The molecule has 0 aliphatic rings. The van der Waals surface area contributed by atoms with Gasteiger partial charge in [0, 0.05) is 18.6 Å². The molecule has 0 radical (unpaired) electrons. The zero-order valence-electron chi connectivity index (χ0n) is 36.6. The van der Waals surface area contributed by atoms with E-state index in [9.17, 15) is 64.1 Å². The number of nitrogens with one attached hydrogen (secondary N) is 2. The predicted molar refractivity (Wildman–Crippen MR) is 238 cm³/mol. The Kier molecular flexibility index (Phi) is 20.9. The van der Waals surface area contributed by atoms with E-state index in [0.29, 0.717) is 6.07 Å². The van der Waals surface area contributed by atoms with Crippen LogP contribution in [-0.4, -0.2) is 90.9 Å². The first-order chi connectivity index (χ1) is 33.1. The molecule has 1 heterocycles. The van der Waals surface area contributed by atoms with Crippen LogP contribution in [0.15, 0.2) is 77.7 Å². The van der Waals surface area contributed by atoms with Crippen LogP contribution in [0, 0.1) is 17.0 Å². The van der Waals surface area contributed by atoms with E-state index in [-0.39, 0.29) is 67.8 Å². The van der Waals surface area contributed by atoms with E-state index in [1.54, 1.807) is 4.72 Å². The van der Waals surface area contributed by atoms with Crippen molar-refractivity contribution in [3.05, 3.63) is 126 Å². The van der Waals surface area contributed by atoms with Crippen LogP contribution >= 0.6 is 34.8 Å². The quantitative estimate of drug-likeness (QED) is 0.0381. The number of halogens is 9. The van der Waals surface area contributed by atoms with Gasteiger partial charge >= 0.3 is 42.3 Å². The average molecular weight is 1090 g/mol.